The Labute approximate surface area is 216 Å². The topological polar surface area (TPSA) is 105 Å². The summed E-state index contributed by atoms with van der Waals surface area (Å²) in [5.41, 5.74) is 5.25. The van der Waals surface area contributed by atoms with Gasteiger partial charge in [0.2, 0.25) is 5.91 Å². The Morgan fingerprint density at radius 1 is 0.838 bits per heavy atom. The molecular formula is C30H32N2O5. The summed E-state index contributed by atoms with van der Waals surface area (Å²) in [4.78, 5) is 37.6. The lowest BCUT2D eigenvalue weighted by Gasteiger charge is -2.22. The molecule has 0 saturated heterocycles. The maximum Gasteiger partial charge on any atom is 0.407 e. The normalized spacial score (nSPS) is 13.6. The molecule has 2 atom stereocenters. The molecule has 37 heavy (non-hydrogen) atoms. The Balaban J connectivity index is 1.40. The summed E-state index contributed by atoms with van der Waals surface area (Å²) in [6.07, 6.45) is 1.34. The van der Waals surface area contributed by atoms with Crippen molar-refractivity contribution in [2.45, 2.75) is 50.6 Å². The van der Waals surface area contributed by atoms with Crippen LogP contribution in [0.4, 0.5) is 4.79 Å². The zero-order valence-electron chi connectivity index (χ0n) is 20.9. The lowest BCUT2D eigenvalue weighted by molar-refractivity contribution is -0.142. The number of hydrogen-bond donors (Lipinski definition) is 3. The fourth-order valence-electron chi connectivity index (χ4n) is 4.78. The van der Waals surface area contributed by atoms with Gasteiger partial charge in [-0.05, 0) is 34.2 Å². The highest BCUT2D eigenvalue weighted by Crippen LogP contribution is 2.44. The first kappa shape index (κ1) is 25.9. The smallest absolute Gasteiger partial charge is 0.407 e. The van der Waals surface area contributed by atoms with Gasteiger partial charge in [-0.3, -0.25) is 4.79 Å². The first-order chi connectivity index (χ1) is 18.0. The number of carboxylic acid groups (broad SMARTS) is 1. The molecule has 1 aliphatic rings. The van der Waals surface area contributed by atoms with Gasteiger partial charge in [0.05, 0.1) is 0 Å². The van der Waals surface area contributed by atoms with Gasteiger partial charge in [0, 0.05) is 12.3 Å². The number of hydrogen-bond acceptors (Lipinski definition) is 4. The molecule has 0 radical (unpaired) electrons. The summed E-state index contributed by atoms with van der Waals surface area (Å²) in [5, 5.41) is 14.9. The van der Waals surface area contributed by atoms with E-state index in [4.69, 9.17) is 4.74 Å². The third-order valence-electron chi connectivity index (χ3n) is 6.70. The van der Waals surface area contributed by atoms with Crippen molar-refractivity contribution >= 4 is 18.0 Å². The number of amides is 2. The molecule has 0 fully saturated rings. The summed E-state index contributed by atoms with van der Waals surface area (Å²) >= 11 is 0. The Kier molecular flexibility index (Phi) is 8.56. The number of carbonyl (C=O) groups is 3. The van der Waals surface area contributed by atoms with Gasteiger partial charge >= 0.3 is 12.1 Å². The van der Waals surface area contributed by atoms with Crippen molar-refractivity contribution in [3.8, 4) is 11.1 Å². The van der Waals surface area contributed by atoms with Gasteiger partial charge in [0.25, 0.3) is 0 Å². The molecule has 0 heterocycles. The number of benzene rings is 3. The van der Waals surface area contributed by atoms with Crippen molar-refractivity contribution in [3.63, 3.8) is 0 Å². The maximum atomic E-state index is 13.0. The van der Waals surface area contributed by atoms with E-state index in [0.29, 0.717) is 12.8 Å². The number of ether oxygens (including phenoxy) is 1. The average molecular weight is 501 g/mol. The van der Waals surface area contributed by atoms with Gasteiger partial charge in [-0.25, -0.2) is 9.59 Å². The number of fused-ring (bicyclic) bond motifs is 3. The molecule has 0 aliphatic heterocycles. The van der Waals surface area contributed by atoms with Crippen LogP contribution in [0.25, 0.3) is 11.1 Å². The van der Waals surface area contributed by atoms with Crippen LogP contribution in [0, 0.1) is 0 Å². The maximum absolute atomic E-state index is 13.0. The van der Waals surface area contributed by atoms with Crippen molar-refractivity contribution in [2.24, 2.45) is 0 Å². The van der Waals surface area contributed by atoms with Gasteiger partial charge in [0.15, 0.2) is 0 Å². The molecule has 0 unspecified atom stereocenters. The monoisotopic (exact) mass is 500 g/mol. The SMILES string of the molecule is CCCC[C@H](NC(=O)OCC1c2ccccc2-c2ccccc21)C(=O)N[C@@H](Cc1ccccc1)C(=O)O. The first-order valence-corrected chi connectivity index (χ1v) is 12.7. The third kappa shape index (κ3) is 6.36. The van der Waals surface area contributed by atoms with E-state index in [1.165, 1.54) is 0 Å². The molecule has 0 saturated carbocycles. The zero-order chi connectivity index (χ0) is 26.2. The highest BCUT2D eigenvalue weighted by molar-refractivity contribution is 5.89. The Hall–Kier alpha value is -4.13. The molecule has 4 rings (SSSR count). The van der Waals surface area contributed by atoms with Crippen molar-refractivity contribution in [2.75, 3.05) is 6.61 Å². The number of aliphatic carboxylic acids is 1. The van der Waals surface area contributed by atoms with Gasteiger partial charge in [-0.1, -0.05) is 98.6 Å². The molecular weight excluding hydrogens is 468 g/mol. The minimum Gasteiger partial charge on any atom is -0.480 e. The lowest BCUT2D eigenvalue weighted by atomic mass is 9.98. The van der Waals surface area contributed by atoms with E-state index < -0.39 is 30.1 Å². The van der Waals surface area contributed by atoms with Crippen molar-refractivity contribution < 1.29 is 24.2 Å². The largest absolute Gasteiger partial charge is 0.480 e. The lowest BCUT2D eigenvalue weighted by Crippen LogP contribution is -2.52. The summed E-state index contributed by atoms with van der Waals surface area (Å²) < 4.78 is 5.60. The van der Waals surface area contributed by atoms with Crippen molar-refractivity contribution in [1.29, 1.82) is 0 Å². The minimum atomic E-state index is -1.13. The number of unbranched alkanes of at least 4 members (excludes halogenated alkanes) is 1. The van der Waals surface area contributed by atoms with E-state index in [9.17, 15) is 19.5 Å². The third-order valence-corrected chi connectivity index (χ3v) is 6.70. The second kappa shape index (κ2) is 12.2. The quantitative estimate of drug-likeness (QED) is 0.348. The van der Waals surface area contributed by atoms with Crippen molar-refractivity contribution in [1.82, 2.24) is 10.6 Å². The number of alkyl carbamates (subject to hydrolysis) is 1. The summed E-state index contributed by atoms with van der Waals surface area (Å²) in [6, 6.07) is 23.2. The van der Waals surface area contributed by atoms with E-state index in [0.717, 1.165) is 34.2 Å². The first-order valence-electron chi connectivity index (χ1n) is 12.7. The van der Waals surface area contributed by atoms with Gasteiger partial charge in [0.1, 0.15) is 18.7 Å². The average Bonchev–Trinajstić information content (AvgIpc) is 3.23. The van der Waals surface area contributed by atoms with Crippen LogP contribution in [-0.4, -0.2) is 41.8 Å². The number of nitrogens with one attached hydrogen (secondary N) is 2. The zero-order valence-corrected chi connectivity index (χ0v) is 20.9. The highest BCUT2D eigenvalue weighted by Gasteiger charge is 2.30. The summed E-state index contributed by atoms with van der Waals surface area (Å²) in [6.45, 7) is 2.12. The molecule has 3 aromatic rings. The summed E-state index contributed by atoms with van der Waals surface area (Å²) in [5.74, 6) is -1.76. The predicted octanol–water partition coefficient (Wildman–Crippen LogP) is 4.90. The standard InChI is InChI=1S/C30H32N2O5/c1-2-3-17-26(28(33)31-27(29(34)35)18-20-11-5-4-6-12-20)32-30(36)37-19-25-23-15-9-7-13-21(23)22-14-8-10-16-24(22)25/h4-16,25-27H,2-3,17-19H2,1H3,(H,31,33)(H,32,36)(H,34,35)/t26-,27-/m0/s1. The fourth-order valence-corrected chi connectivity index (χ4v) is 4.78. The van der Waals surface area contributed by atoms with Crippen LogP contribution in [0.3, 0.4) is 0 Å². The van der Waals surface area contributed by atoms with Crippen LogP contribution in [0.15, 0.2) is 78.9 Å². The molecule has 7 nitrogen and oxygen atoms in total. The van der Waals surface area contributed by atoms with E-state index in [1.54, 1.807) is 0 Å². The molecule has 0 aromatic heterocycles. The van der Waals surface area contributed by atoms with Crippen LogP contribution < -0.4 is 10.6 Å². The summed E-state index contributed by atoms with van der Waals surface area (Å²) in [7, 11) is 0. The Bertz CT molecular complexity index is 1200. The fraction of sp³-hybridized carbons (Fsp3) is 0.300. The molecule has 192 valence electrons. The number of rotatable bonds is 11. The van der Waals surface area contributed by atoms with Crippen LogP contribution in [0.2, 0.25) is 0 Å². The molecule has 1 aliphatic carbocycles. The van der Waals surface area contributed by atoms with E-state index in [2.05, 4.69) is 22.8 Å². The Morgan fingerprint density at radius 2 is 1.43 bits per heavy atom. The van der Waals surface area contributed by atoms with Crippen LogP contribution >= 0.6 is 0 Å². The number of carboxylic acids is 1. The Morgan fingerprint density at radius 3 is 2.03 bits per heavy atom. The van der Waals surface area contributed by atoms with Gasteiger partial charge < -0.3 is 20.5 Å². The van der Waals surface area contributed by atoms with Gasteiger partial charge in [-0.15, -0.1) is 0 Å². The molecule has 2 amide bonds. The van der Waals surface area contributed by atoms with E-state index >= 15 is 0 Å². The number of carbonyl (C=O) groups excluding carboxylic acids is 2. The second-order valence-corrected chi connectivity index (χ2v) is 9.25. The molecule has 7 heteroatoms. The van der Waals surface area contributed by atoms with Crippen molar-refractivity contribution in [3.05, 3.63) is 95.6 Å². The minimum absolute atomic E-state index is 0.0941. The van der Waals surface area contributed by atoms with Gasteiger partial charge in [-0.2, -0.15) is 0 Å². The molecule has 3 aromatic carbocycles. The van der Waals surface area contributed by atoms with Crippen LogP contribution in [0.1, 0.15) is 48.8 Å². The highest BCUT2D eigenvalue weighted by atomic mass is 16.5. The molecule has 0 bridgehead atoms. The molecule has 3 N–H and O–H groups in total. The van der Waals surface area contributed by atoms with Crippen LogP contribution in [0.5, 0.6) is 0 Å². The van der Waals surface area contributed by atoms with Crippen LogP contribution in [-0.2, 0) is 20.7 Å². The second-order valence-electron chi connectivity index (χ2n) is 9.25. The van der Waals surface area contributed by atoms with E-state index in [1.807, 2.05) is 73.7 Å². The predicted molar refractivity (Wildman–Crippen MR) is 141 cm³/mol. The molecule has 0 spiro atoms. The van der Waals surface area contributed by atoms with E-state index in [-0.39, 0.29) is 18.9 Å².